The number of ether oxygens (including phenoxy) is 2. The molecular weight excluding hydrogens is 486 g/mol. The zero-order chi connectivity index (χ0) is 27.2. The quantitative estimate of drug-likeness (QED) is 0.421. The van der Waals surface area contributed by atoms with E-state index in [0.29, 0.717) is 19.3 Å². The summed E-state index contributed by atoms with van der Waals surface area (Å²) in [5.74, 6) is -0.810. The first-order valence-corrected chi connectivity index (χ1v) is 13.7. The lowest BCUT2D eigenvalue weighted by Gasteiger charge is -2.17. The molecule has 3 atom stereocenters. The van der Waals surface area contributed by atoms with Crippen LogP contribution in [0.2, 0.25) is 0 Å². The van der Waals surface area contributed by atoms with E-state index >= 15 is 0 Å². The van der Waals surface area contributed by atoms with Gasteiger partial charge in [0.25, 0.3) is 0 Å². The van der Waals surface area contributed by atoms with E-state index in [1.54, 1.807) is 17.4 Å². The predicted molar refractivity (Wildman–Crippen MR) is 150 cm³/mol. The van der Waals surface area contributed by atoms with Crippen LogP contribution < -0.4 is 11.1 Å². The molecule has 0 aromatic carbocycles. The molecule has 37 heavy (non-hydrogen) atoms. The van der Waals surface area contributed by atoms with Crippen molar-refractivity contribution in [3.8, 4) is 0 Å². The smallest absolute Gasteiger partial charge is 0.331 e. The number of aryl methyl sites for hydroxylation is 1. The van der Waals surface area contributed by atoms with Crippen molar-refractivity contribution in [3.63, 3.8) is 0 Å². The van der Waals surface area contributed by atoms with Crippen molar-refractivity contribution in [2.24, 2.45) is 5.73 Å². The number of nitrogens with zero attached hydrogens (tertiary/aromatic N) is 1. The van der Waals surface area contributed by atoms with Gasteiger partial charge in [0.1, 0.15) is 18.2 Å². The monoisotopic (exact) mass is 527 g/mol. The highest BCUT2D eigenvalue weighted by molar-refractivity contribution is 7.09. The highest BCUT2D eigenvalue weighted by atomic mass is 32.1. The van der Waals surface area contributed by atoms with Gasteiger partial charge in [0.15, 0.2) is 0 Å². The molecular formula is C29H41N3O4S. The van der Waals surface area contributed by atoms with Crippen molar-refractivity contribution in [3.05, 3.63) is 75.3 Å². The minimum Gasteiger partial charge on any atom is -0.461 e. The molecule has 2 bridgehead atoms. The summed E-state index contributed by atoms with van der Waals surface area (Å²) in [5.41, 5.74) is 10.1. The van der Waals surface area contributed by atoms with Crippen LogP contribution in [0.25, 0.3) is 0 Å². The predicted octanol–water partition coefficient (Wildman–Crippen LogP) is 4.75. The maximum absolute atomic E-state index is 12.6. The zero-order valence-electron chi connectivity index (χ0n) is 22.7. The molecule has 0 fully saturated rings. The topological polar surface area (TPSA) is 104 Å². The van der Waals surface area contributed by atoms with Crippen LogP contribution in [0.1, 0.15) is 57.7 Å². The third-order valence-electron chi connectivity index (χ3n) is 5.72. The van der Waals surface area contributed by atoms with Crippen molar-refractivity contribution >= 4 is 23.3 Å². The van der Waals surface area contributed by atoms with Crippen LogP contribution in [0.15, 0.2) is 64.6 Å². The molecule has 1 aliphatic rings. The Bertz CT molecular complexity index is 1050. The van der Waals surface area contributed by atoms with Gasteiger partial charge in [-0.05, 0) is 60.1 Å². The molecule has 2 heterocycles. The highest BCUT2D eigenvalue weighted by Gasteiger charge is 2.19. The van der Waals surface area contributed by atoms with E-state index < -0.39 is 18.1 Å². The summed E-state index contributed by atoms with van der Waals surface area (Å²) in [5, 5.41) is 6.00. The number of carbonyl (C=O) groups excluding carboxylic acids is 2. The first-order valence-electron chi connectivity index (χ1n) is 12.8. The Morgan fingerprint density at radius 3 is 2.73 bits per heavy atom. The van der Waals surface area contributed by atoms with Crippen LogP contribution >= 0.6 is 11.3 Å². The summed E-state index contributed by atoms with van der Waals surface area (Å²) in [6.07, 6.45) is 15.3. The molecule has 0 saturated heterocycles. The van der Waals surface area contributed by atoms with Gasteiger partial charge in [-0.25, -0.2) is 9.78 Å². The number of esters is 2. The van der Waals surface area contributed by atoms with E-state index in [-0.39, 0.29) is 12.1 Å². The summed E-state index contributed by atoms with van der Waals surface area (Å²) in [4.78, 5) is 29.7. The summed E-state index contributed by atoms with van der Waals surface area (Å²) < 4.78 is 11.3. The molecule has 0 spiro atoms. The first-order chi connectivity index (χ1) is 17.7. The Balaban J connectivity index is 2.25. The van der Waals surface area contributed by atoms with Gasteiger partial charge in [0.05, 0.1) is 10.7 Å². The molecule has 202 valence electrons. The van der Waals surface area contributed by atoms with E-state index in [4.69, 9.17) is 20.2 Å². The van der Waals surface area contributed by atoms with Crippen LogP contribution in [0, 0.1) is 0 Å². The average Bonchev–Trinajstić information content (AvgIpc) is 3.27. The van der Waals surface area contributed by atoms with E-state index in [9.17, 15) is 9.59 Å². The maximum atomic E-state index is 12.6. The van der Waals surface area contributed by atoms with Crippen LogP contribution in [0.3, 0.4) is 0 Å². The maximum Gasteiger partial charge on any atom is 0.331 e. The Morgan fingerprint density at radius 1 is 1.22 bits per heavy atom. The normalized spacial score (nSPS) is 25.9. The van der Waals surface area contributed by atoms with E-state index in [2.05, 4.69) is 11.4 Å². The lowest BCUT2D eigenvalue weighted by molar-refractivity contribution is -0.150. The molecule has 0 saturated carbocycles. The number of rotatable bonds is 5. The molecule has 1 aromatic heterocycles. The van der Waals surface area contributed by atoms with Crippen molar-refractivity contribution in [2.75, 3.05) is 13.6 Å². The summed E-state index contributed by atoms with van der Waals surface area (Å²) in [6, 6.07) is -0.653. The number of aromatic nitrogens is 1. The molecule has 1 aliphatic heterocycles. The number of likely N-dealkylation sites (N-methyl/N-ethyl adjacent to an activating group) is 1. The summed E-state index contributed by atoms with van der Waals surface area (Å²) in [7, 11) is 1.91. The minimum atomic E-state index is -0.653. The third-order valence-corrected chi connectivity index (χ3v) is 6.64. The van der Waals surface area contributed by atoms with E-state index in [1.807, 2.05) is 64.4 Å². The largest absolute Gasteiger partial charge is 0.461 e. The molecule has 7 nitrogen and oxygen atoms in total. The number of cyclic esters (lactones) is 2. The number of nitrogens with one attached hydrogen (secondary N) is 1. The van der Waals surface area contributed by atoms with E-state index in [0.717, 1.165) is 46.8 Å². The SMILES string of the molecule is CNC/C=C(C)/C=C/C(C)=C/[C@@H]1Cc2nc(cs2)CCC[C@H](N)C(=O)O[C@@H](C)C/C(C)=C/C=C\C(=O)O1. The van der Waals surface area contributed by atoms with Crippen molar-refractivity contribution in [1.29, 1.82) is 0 Å². The second-order valence-corrected chi connectivity index (χ2v) is 10.4. The van der Waals surface area contributed by atoms with Crippen LogP contribution in [-0.2, 0) is 31.9 Å². The van der Waals surface area contributed by atoms with Gasteiger partial charge in [-0.2, -0.15) is 0 Å². The fourth-order valence-corrected chi connectivity index (χ4v) is 4.63. The zero-order valence-corrected chi connectivity index (χ0v) is 23.5. The molecule has 0 amide bonds. The average molecular weight is 528 g/mol. The fraction of sp³-hybridized carbons (Fsp3) is 0.483. The Kier molecular flexibility index (Phi) is 13.3. The first kappa shape index (κ1) is 30.4. The van der Waals surface area contributed by atoms with Gasteiger partial charge in [0.2, 0.25) is 0 Å². The fourth-order valence-electron chi connectivity index (χ4n) is 3.76. The van der Waals surface area contributed by atoms with Gasteiger partial charge in [-0.3, -0.25) is 4.79 Å². The summed E-state index contributed by atoms with van der Waals surface area (Å²) >= 11 is 1.54. The molecule has 3 N–H and O–H groups in total. The van der Waals surface area contributed by atoms with Gasteiger partial charge in [-0.1, -0.05) is 47.1 Å². The van der Waals surface area contributed by atoms with Crippen molar-refractivity contribution in [1.82, 2.24) is 10.3 Å². The molecule has 0 unspecified atom stereocenters. The van der Waals surface area contributed by atoms with Gasteiger partial charge in [0, 0.05) is 30.8 Å². The Labute approximate surface area is 225 Å². The second kappa shape index (κ2) is 16.1. The summed E-state index contributed by atoms with van der Waals surface area (Å²) in [6.45, 7) is 8.61. The van der Waals surface area contributed by atoms with Crippen LogP contribution in [0.4, 0.5) is 0 Å². The van der Waals surface area contributed by atoms with Crippen LogP contribution in [-0.4, -0.2) is 48.8 Å². The third kappa shape index (κ3) is 12.3. The number of hydrogen-bond donors (Lipinski definition) is 2. The van der Waals surface area contributed by atoms with Gasteiger partial charge < -0.3 is 20.5 Å². The number of thiazole rings is 1. The van der Waals surface area contributed by atoms with E-state index in [1.165, 1.54) is 6.08 Å². The lowest BCUT2D eigenvalue weighted by Crippen LogP contribution is -2.34. The number of hydrogen-bond acceptors (Lipinski definition) is 8. The highest BCUT2D eigenvalue weighted by Crippen LogP contribution is 2.18. The van der Waals surface area contributed by atoms with Crippen molar-refractivity contribution in [2.45, 2.75) is 78.0 Å². The minimum absolute atomic E-state index is 0.305. The number of nitrogens with two attached hydrogens (primary N) is 1. The molecule has 0 radical (unpaired) electrons. The van der Waals surface area contributed by atoms with Gasteiger partial charge >= 0.3 is 11.9 Å². The second-order valence-electron chi connectivity index (χ2n) is 9.48. The Hall–Kier alpha value is -2.81. The number of fused-ring (bicyclic) bond motifs is 2. The number of allylic oxidation sites excluding steroid dienone is 6. The molecule has 2 rings (SSSR count). The van der Waals surface area contributed by atoms with Crippen molar-refractivity contribution < 1.29 is 19.1 Å². The lowest BCUT2D eigenvalue weighted by atomic mass is 10.1. The molecule has 0 aliphatic carbocycles. The van der Waals surface area contributed by atoms with Crippen LogP contribution in [0.5, 0.6) is 0 Å². The standard InChI is InChI=1S/C29H41N3O4S/c1-20(14-15-31-5)12-13-22(3)17-25-18-27-32-24(19-37-27)9-7-10-26(30)29(34)35-23(4)16-21(2)8-6-11-28(33)36-25/h6,8,11-14,17,19,23,25-26,31H,7,9-10,15-16,18,30H2,1-5H3/b11-6-,13-12+,20-14+,21-8+,22-17+/t23-,25+,26-/m0/s1. The molecule has 1 aromatic rings. The van der Waals surface area contributed by atoms with Gasteiger partial charge in [-0.15, -0.1) is 11.3 Å². The molecule has 8 heteroatoms. The number of carbonyl (C=O) groups is 2. The Morgan fingerprint density at radius 2 is 1.97 bits per heavy atom.